The number of ether oxygens (including phenoxy) is 9. The molecular formula is C24H33BrO16. The fraction of sp³-hybridized carbons (Fsp3) is 0.750. The zero-order chi connectivity index (χ0) is 31.0. The maximum absolute atomic E-state index is 12.2. The molecule has 0 aromatic heterocycles. The monoisotopic (exact) mass is 656 g/mol. The van der Waals surface area contributed by atoms with Crippen LogP contribution in [-0.4, -0.2) is 114 Å². The van der Waals surface area contributed by atoms with Gasteiger partial charge in [-0.25, -0.2) is 0 Å². The number of esters is 6. The van der Waals surface area contributed by atoms with E-state index < -0.39 is 104 Å². The van der Waals surface area contributed by atoms with E-state index in [0.717, 1.165) is 41.5 Å². The van der Waals surface area contributed by atoms with E-state index in [4.69, 9.17) is 42.6 Å². The highest BCUT2D eigenvalue weighted by molar-refractivity contribution is 9.09. The Bertz CT molecular complexity index is 987. The van der Waals surface area contributed by atoms with E-state index in [1.165, 1.54) is 0 Å². The van der Waals surface area contributed by atoms with Gasteiger partial charge in [-0.3, -0.25) is 28.8 Å². The molecule has 2 rings (SSSR count). The van der Waals surface area contributed by atoms with E-state index in [9.17, 15) is 33.9 Å². The van der Waals surface area contributed by atoms with Crippen molar-refractivity contribution in [3.8, 4) is 0 Å². The molecule has 1 N–H and O–H groups in total. The molecule has 17 heteroatoms. The topological polar surface area (TPSA) is 206 Å². The van der Waals surface area contributed by atoms with Gasteiger partial charge in [-0.05, 0) is 0 Å². The van der Waals surface area contributed by atoms with Gasteiger partial charge in [0.1, 0.15) is 31.0 Å². The lowest BCUT2D eigenvalue weighted by Gasteiger charge is -2.48. The Morgan fingerprint density at radius 1 is 0.585 bits per heavy atom. The Morgan fingerprint density at radius 2 is 1.02 bits per heavy atom. The van der Waals surface area contributed by atoms with Crippen molar-refractivity contribution in [2.24, 2.45) is 0 Å². The van der Waals surface area contributed by atoms with Gasteiger partial charge in [-0.2, -0.15) is 0 Å². The molecular weight excluding hydrogens is 624 g/mol. The molecule has 0 radical (unpaired) electrons. The molecule has 41 heavy (non-hydrogen) atoms. The first-order valence-corrected chi connectivity index (χ1v) is 13.5. The lowest BCUT2D eigenvalue weighted by Crippen LogP contribution is -2.66. The number of hydrogen-bond donors (Lipinski definition) is 1. The molecule has 232 valence electrons. The average molecular weight is 657 g/mol. The van der Waals surface area contributed by atoms with Gasteiger partial charge in [-0.15, -0.1) is 0 Å². The number of aliphatic hydroxyl groups excluding tert-OH is 1. The lowest BCUT2D eigenvalue weighted by atomic mass is 9.96. The van der Waals surface area contributed by atoms with Crippen LogP contribution in [0.5, 0.6) is 0 Å². The smallest absolute Gasteiger partial charge is 0.305 e. The number of aliphatic hydroxyl groups is 1. The van der Waals surface area contributed by atoms with Gasteiger partial charge in [0.15, 0.2) is 24.6 Å². The average Bonchev–Trinajstić information content (AvgIpc) is 2.83. The van der Waals surface area contributed by atoms with Crippen molar-refractivity contribution < 1.29 is 76.5 Å². The summed E-state index contributed by atoms with van der Waals surface area (Å²) >= 11 is 3.19. The second-order valence-corrected chi connectivity index (χ2v) is 9.69. The first-order valence-electron chi connectivity index (χ1n) is 12.3. The van der Waals surface area contributed by atoms with Crippen LogP contribution in [0.3, 0.4) is 0 Å². The second-order valence-electron chi connectivity index (χ2n) is 9.04. The van der Waals surface area contributed by atoms with Crippen LogP contribution in [0.2, 0.25) is 0 Å². The van der Waals surface area contributed by atoms with Crippen LogP contribution in [0, 0.1) is 0 Å². The van der Waals surface area contributed by atoms with Gasteiger partial charge in [0.05, 0.1) is 0 Å². The third-order valence-corrected chi connectivity index (χ3v) is 6.23. The Balaban J connectivity index is 2.61. The number of carbonyl (C=O) groups is 6. The van der Waals surface area contributed by atoms with E-state index in [1.807, 2.05) is 0 Å². The first-order chi connectivity index (χ1) is 19.1. The standard InChI is InChI=1S/C24H33BrO16/c1-9(26)33-8-16-18(20(35-11(3)28)22(37-13(5)30)23(40-16)38-14(6)31)41-24-21(36-12(4)29)19(34-10(2)27)17(32)15(7-25)39-24/h15-24,32H,7-8H2,1-6H3. The first kappa shape index (κ1) is 34.3. The van der Waals surface area contributed by atoms with Crippen LogP contribution in [0.1, 0.15) is 41.5 Å². The van der Waals surface area contributed by atoms with E-state index in [-0.39, 0.29) is 5.33 Å². The van der Waals surface area contributed by atoms with Crippen molar-refractivity contribution in [2.75, 3.05) is 11.9 Å². The fourth-order valence-corrected chi connectivity index (χ4v) is 4.74. The molecule has 10 atom stereocenters. The summed E-state index contributed by atoms with van der Waals surface area (Å²) in [6, 6.07) is 0. The van der Waals surface area contributed by atoms with Gasteiger partial charge in [0.25, 0.3) is 0 Å². The Labute approximate surface area is 243 Å². The summed E-state index contributed by atoms with van der Waals surface area (Å²) in [5.74, 6) is -4.98. The number of carbonyl (C=O) groups excluding carboxylic acids is 6. The molecule has 0 aliphatic carbocycles. The molecule has 2 fully saturated rings. The fourth-order valence-electron chi connectivity index (χ4n) is 4.20. The molecule has 2 saturated heterocycles. The molecule has 0 aromatic rings. The van der Waals surface area contributed by atoms with E-state index in [0.29, 0.717) is 0 Å². The van der Waals surface area contributed by atoms with Crippen molar-refractivity contribution in [1.29, 1.82) is 0 Å². The minimum Gasteiger partial charge on any atom is -0.463 e. The number of hydrogen-bond acceptors (Lipinski definition) is 16. The molecule has 0 spiro atoms. The van der Waals surface area contributed by atoms with Crippen molar-refractivity contribution in [1.82, 2.24) is 0 Å². The Morgan fingerprint density at radius 3 is 1.49 bits per heavy atom. The van der Waals surface area contributed by atoms with Crippen LogP contribution >= 0.6 is 15.9 Å². The minimum absolute atomic E-state index is 0.00853. The predicted octanol–water partition coefficient (Wildman–Crippen LogP) is -0.570. The molecule has 16 nitrogen and oxygen atoms in total. The molecule has 0 saturated carbocycles. The van der Waals surface area contributed by atoms with E-state index in [2.05, 4.69) is 15.9 Å². The van der Waals surface area contributed by atoms with Gasteiger partial charge in [-0.1, -0.05) is 15.9 Å². The summed E-state index contributed by atoms with van der Waals surface area (Å²) in [6.45, 7) is 5.85. The molecule has 0 aromatic carbocycles. The summed E-state index contributed by atoms with van der Waals surface area (Å²) in [5.41, 5.74) is 0. The maximum atomic E-state index is 12.2. The van der Waals surface area contributed by atoms with Crippen molar-refractivity contribution in [3.63, 3.8) is 0 Å². The third-order valence-electron chi connectivity index (χ3n) is 5.59. The SMILES string of the molecule is CC(=O)OCC1OC(OC(C)=O)C(OC(C)=O)C(OC(C)=O)C1OC1OC(CBr)C(O)C(OC(C)=O)C1OC(C)=O. The molecule has 2 aliphatic rings. The lowest BCUT2D eigenvalue weighted by molar-refractivity contribution is -0.354. The van der Waals surface area contributed by atoms with E-state index in [1.54, 1.807) is 0 Å². The quantitative estimate of drug-likeness (QED) is 0.177. The van der Waals surface area contributed by atoms with Crippen molar-refractivity contribution in [3.05, 3.63) is 0 Å². The van der Waals surface area contributed by atoms with Crippen LogP contribution in [-0.2, 0) is 71.4 Å². The van der Waals surface area contributed by atoms with E-state index >= 15 is 0 Å². The number of halogens is 1. The molecule has 2 heterocycles. The molecule has 0 amide bonds. The Kier molecular flexibility index (Phi) is 12.9. The summed E-state index contributed by atoms with van der Waals surface area (Å²) in [7, 11) is 0. The zero-order valence-electron chi connectivity index (χ0n) is 23.1. The highest BCUT2D eigenvalue weighted by Crippen LogP contribution is 2.34. The summed E-state index contributed by atoms with van der Waals surface area (Å²) in [4.78, 5) is 71.4. The van der Waals surface area contributed by atoms with Crippen molar-refractivity contribution >= 4 is 51.7 Å². The summed E-state index contributed by atoms with van der Waals surface area (Å²) in [5, 5.41) is 10.8. The molecule has 0 bridgehead atoms. The van der Waals surface area contributed by atoms with Gasteiger partial charge < -0.3 is 47.7 Å². The molecule has 10 unspecified atom stereocenters. The van der Waals surface area contributed by atoms with Gasteiger partial charge in [0, 0.05) is 46.9 Å². The van der Waals surface area contributed by atoms with Crippen LogP contribution in [0.4, 0.5) is 0 Å². The number of alkyl halides is 1. The molecule has 2 aliphatic heterocycles. The summed E-state index contributed by atoms with van der Waals surface area (Å²) < 4.78 is 49.2. The normalized spacial score (nSPS) is 33.1. The van der Waals surface area contributed by atoms with Crippen molar-refractivity contribution in [2.45, 2.75) is 103 Å². The highest BCUT2D eigenvalue weighted by atomic mass is 79.9. The largest absolute Gasteiger partial charge is 0.463 e. The van der Waals surface area contributed by atoms with Crippen LogP contribution < -0.4 is 0 Å². The van der Waals surface area contributed by atoms with Gasteiger partial charge >= 0.3 is 35.8 Å². The second kappa shape index (κ2) is 15.4. The summed E-state index contributed by atoms with van der Waals surface area (Å²) in [6.07, 6.45) is -14.9. The van der Waals surface area contributed by atoms with Crippen LogP contribution in [0.15, 0.2) is 0 Å². The Hall–Kier alpha value is -2.86. The van der Waals surface area contributed by atoms with Gasteiger partial charge in [0.2, 0.25) is 12.4 Å². The minimum atomic E-state index is -1.64. The van der Waals surface area contributed by atoms with Crippen LogP contribution in [0.25, 0.3) is 0 Å². The predicted molar refractivity (Wildman–Crippen MR) is 133 cm³/mol. The zero-order valence-corrected chi connectivity index (χ0v) is 24.7. The number of rotatable bonds is 10. The maximum Gasteiger partial charge on any atom is 0.305 e. The highest BCUT2D eigenvalue weighted by Gasteiger charge is 2.56. The third kappa shape index (κ3) is 9.88.